The first kappa shape index (κ1) is 13.3. The van der Waals surface area contributed by atoms with E-state index in [0.717, 1.165) is 12.0 Å². The van der Waals surface area contributed by atoms with Crippen molar-refractivity contribution in [2.45, 2.75) is 19.8 Å². The number of carbonyl (C=O) groups is 1. The lowest BCUT2D eigenvalue weighted by Crippen LogP contribution is -2.17. The summed E-state index contributed by atoms with van der Waals surface area (Å²) in [6.45, 7) is 1.95. The molecule has 0 radical (unpaired) electrons. The fourth-order valence-corrected chi connectivity index (χ4v) is 2.00. The van der Waals surface area contributed by atoms with Gasteiger partial charge < -0.3 is 4.74 Å². The number of benzene rings is 1. The molecule has 88 valence electrons. The van der Waals surface area contributed by atoms with Crippen LogP contribution in [0.5, 0.6) is 0 Å². The van der Waals surface area contributed by atoms with Gasteiger partial charge in [0, 0.05) is 10.0 Å². The lowest BCUT2D eigenvalue weighted by molar-refractivity contribution is -0.145. The van der Waals surface area contributed by atoms with Crippen LogP contribution >= 0.6 is 23.2 Å². The van der Waals surface area contributed by atoms with Crippen LogP contribution in [0.4, 0.5) is 0 Å². The molecule has 2 nitrogen and oxygen atoms in total. The van der Waals surface area contributed by atoms with Crippen LogP contribution in [0, 0.1) is 5.92 Å². The predicted molar refractivity (Wildman–Crippen MR) is 66.0 cm³/mol. The molecule has 0 spiro atoms. The minimum Gasteiger partial charge on any atom is -0.469 e. The maximum absolute atomic E-state index is 11.4. The van der Waals surface area contributed by atoms with Gasteiger partial charge in [0.1, 0.15) is 0 Å². The van der Waals surface area contributed by atoms with Crippen LogP contribution < -0.4 is 0 Å². The van der Waals surface area contributed by atoms with Gasteiger partial charge in [-0.15, -0.1) is 0 Å². The highest BCUT2D eigenvalue weighted by Crippen LogP contribution is 2.24. The number of carbonyl (C=O) groups excluding carboxylic acids is 1. The summed E-state index contributed by atoms with van der Waals surface area (Å²) in [5.74, 6) is -0.350. The normalized spacial score (nSPS) is 12.2. The molecule has 16 heavy (non-hydrogen) atoms. The Bertz CT molecular complexity index is 377. The zero-order valence-corrected chi connectivity index (χ0v) is 10.8. The second-order valence-corrected chi connectivity index (χ2v) is 4.41. The van der Waals surface area contributed by atoms with E-state index in [9.17, 15) is 4.79 Å². The fourth-order valence-electron chi connectivity index (χ4n) is 1.51. The van der Waals surface area contributed by atoms with Crippen molar-refractivity contribution in [1.82, 2.24) is 0 Å². The zero-order chi connectivity index (χ0) is 12.1. The molecule has 0 aliphatic rings. The van der Waals surface area contributed by atoms with Gasteiger partial charge in [-0.05, 0) is 30.5 Å². The highest BCUT2D eigenvalue weighted by molar-refractivity contribution is 6.35. The van der Waals surface area contributed by atoms with Gasteiger partial charge in [-0.1, -0.05) is 36.2 Å². The molecular formula is C12H14Cl2O2. The van der Waals surface area contributed by atoms with E-state index in [-0.39, 0.29) is 11.9 Å². The average molecular weight is 261 g/mol. The van der Waals surface area contributed by atoms with Gasteiger partial charge in [0.15, 0.2) is 0 Å². The van der Waals surface area contributed by atoms with Gasteiger partial charge in [0.25, 0.3) is 0 Å². The molecule has 0 N–H and O–H groups in total. The van der Waals surface area contributed by atoms with Gasteiger partial charge in [-0.2, -0.15) is 0 Å². The second kappa shape index (κ2) is 6.12. The molecule has 0 aliphatic carbocycles. The van der Waals surface area contributed by atoms with Crippen LogP contribution in [0.25, 0.3) is 0 Å². The molecule has 1 rings (SSSR count). The molecule has 1 aromatic rings. The fraction of sp³-hybridized carbons (Fsp3) is 0.417. The number of methoxy groups -OCH3 is 1. The van der Waals surface area contributed by atoms with Crippen LogP contribution in [0.15, 0.2) is 18.2 Å². The van der Waals surface area contributed by atoms with Crippen molar-refractivity contribution in [1.29, 1.82) is 0 Å². The predicted octanol–water partition coefficient (Wildman–Crippen LogP) is 3.74. The number of ether oxygens (including phenoxy) is 1. The van der Waals surface area contributed by atoms with Gasteiger partial charge in [0.2, 0.25) is 0 Å². The Morgan fingerprint density at radius 1 is 1.44 bits per heavy atom. The van der Waals surface area contributed by atoms with E-state index in [1.165, 1.54) is 7.11 Å². The Morgan fingerprint density at radius 2 is 2.12 bits per heavy atom. The average Bonchev–Trinajstić information content (AvgIpc) is 2.27. The van der Waals surface area contributed by atoms with Crippen molar-refractivity contribution < 1.29 is 9.53 Å². The summed E-state index contributed by atoms with van der Waals surface area (Å²) < 4.78 is 4.73. The van der Waals surface area contributed by atoms with E-state index >= 15 is 0 Å². The molecule has 0 aliphatic heterocycles. The van der Waals surface area contributed by atoms with Gasteiger partial charge >= 0.3 is 5.97 Å². The first-order valence-corrected chi connectivity index (χ1v) is 5.85. The molecule has 0 saturated heterocycles. The van der Waals surface area contributed by atoms with Crippen LogP contribution in [0.3, 0.4) is 0 Å². The maximum Gasteiger partial charge on any atom is 0.308 e. The van der Waals surface area contributed by atoms with Gasteiger partial charge in [-0.25, -0.2) is 0 Å². The smallest absolute Gasteiger partial charge is 0.308 e. The highest BCUT2D eigenvalue weighted by Gasteiger charge is 2.18. The maximum atomic E-state index is 11.4. The van der Waals surface area contributed by atoms with E-state index in [0.29, 0.717) is 16.5 Å². The summed E-state index contributed by atoms with van der Waals surface area (Å²) >= 11 is 11.8. The zero-order valence-electron chi connectivity index (χ0n) is 9.30. The molecule has 0 heterocycles. The molecular weight excluding hydrogens is 247 g/mol. The summed E-state index contributed by atoms with van der Waals surface area (Å²) in [5.41, 5.74) is 0.920. The first-order chi connectivity index (χ1) is 7.58. The first-order valence-electron chi connectivity index (χ1n) is 5.10. The molecule has 0 amide bonds. The lowest BCUT2D eigenvalue weighted by atomic mass is 9.97. The van der Waals surface area contributed by atoms with Crippen LogP contribution in [0.1, 0.15) is 18.9 Å². The standard InChI is InChI=1S/C12H14Cl2O2/c1-3-8(12(15)16-2)6-9-4-5-10(13)7-11(9)14/h4-5,7-8H,3,6H2,1-2H3. The molecule has 1 aromatic carbocycles. The third-order valence-corrected chi connectivity index (χ3v) is 3.10. The summed E-state index contributed by atoms with van der Waals surface area (Å²) in [6.07, 6.45) is 1.31. The number of hydrogen-bond acceptors (Lipinski definition) is 2. The van der Waals surface area contributed by atoms with Crippen molar-refractivity contribution in [3.63, 3.8) is 0 Å². The third kappa shape index (κ3) is 3.39. The Kier molecular flexibility index (Phi) is 5.10. The number of halogens is 2. The van der Waals surface area contributed by atoms with Gasteiger partial charge in [-0.3, -0.25) is 4.79 Å². The summed E-state index contributed by atoms with van der Waals surface area (Å²) in [5, 5.41) is 1.19. The monoisotopic (exact) mass is 260 g/mol. The summed E-state index contributed by atoms with van der Waals surface area (Å²) in [7, 11) is 1.40. The van der Waals surface area contributed by atoms with E-state index in [1.807, 2.05) is 13.0 Å². The number of esters is 1. The Hall–Kier alpha value is -0.730. The quantitative estimate of drug-likeness (QED) is 0.772. The Morgan fingerprint density at radius 3 is 2.62 bits per heavy atom. The van der Waals surface area contributed by atoms with Gasteiger partial charge in [0.05, 0.1) is 13.0 Å². The molecule has 1 unspecified atom stereocenters. The number of hydrogen-bond donors (Lipinski definition) is 0. The third-order valence-electron chi connectivity index (χ3n) is 2.51. The van der Waals surface area contributed by atoms with Crippen molar-refractivity contribution in [3.05, 3.63) is 33.8 Å². The molecule has 1 atom stereocenters. The Balaban J connectivity index is 2.82. The van der Waals surface area contributed by atoms with Crippen LogP contribution in [-0.2, 0) is 16.0 Å². The summed E-state index contributed by atoms with van der Waals surface area (Å²) in [6, 6.07) is 5.30. The van der Waals surface area contributed by atoms with E-state index in [1.54, 1.807) is 12.1 Å². The molecule has 0 fully saturated rings. The molecule has 4 heteroatoms. The van der Waals surface area contributed by atoms with E-state index in [2.05, 4.69) is 0 Å². The molecule has 0 saturated carbocycles. The topological polar surface area (TPSA) is 26.3 Å². The second-order valence-electron chi connectivity index (χ2n) is 3.57. The molecule has 0 bridgehead atoms. The minimum absolute atomic E-state index is 0.149. The highest BCUT2D eigenvalue weighted by atomic mass is 35.5. The SMILES string of the molecule is CCC(Cc1ccc(Cl)cc1Cl)C(=O)OC. The van der Waals surface area contributed by atoms with Crippen molar-refractivity contribution in [2.24, 2.45) is 5.92 Å². The largest absolute Gasteiger partial charge is 0.469 e. The summed E-state index contributed by atoms with van der Waals surface area (Å²) in [4.78, 5) is 11.4. The van der Waals surface area contributed by atoms with E-state index in [4.69, 9.17) is 27.9 Å². The van der Waals surface area contributed by atoms with Crippen molar-refractivity contribution in [3.8, 4) is 0 Å². The number of rotatable bonds is 4. The lowest BCUT2D eigenvalue weighted by Gasteiger charge is -2.13. The van der Waals surface area contributed by atoms with Crippen molar-refractivity contribution >= 4 is 29.2 Å². The van der Waals surface area contributed by atoms with E-state index < -0.39 is 0 Å². The minimum atomic E-state index is -0.200. The molecule has 0 aromatic heterocycles. The van der Waals surface area contributed by atoms with Crippen LogP contribution in [-0.4, -0.2) is 13.1 Å². The Labute approximate surface area is 106 Å². The van der Waals surface area contributed by atoms with Crippen LogP contribution in [0.2, 0.25) is 10.0 Å². The van der Waals surface area contributed by atoms with Crippen molar-refractivity contribution in [2.75, 3.05) is 7.11 Å².